The molecular weight excluding hydrogens is 433 g/mol. The zero-order chi connectivity index (χ0) is 24.1. The van der Waals surface area contributed by atoms with Crippen LogP contribution in [0, 0.1) is 17.1 Å². The van der Waals surface area contributed by atoms with Crippen molar-refractivity contribution in [2.24, 2.45) is 0 Å². The second kappa shape index (κ2) is 10.7. The Morgan fingerprint density at radius 1 is 1.15 bits per heavy atom. The number of amides is 1. The summed E-state index contributed by atoms with van der Waals surface area (Å²) in [5.41, 5.74) is 3.79. The van der Waals surface area contributed by atoms with E-state index in [1.165, 1.54) is 24.3 Å². The van der Waals surface area contributed by atoms with Crippen molar-refractivity contribution in [3.8, 4) is 6.07 Å². The van der Waals surface area contributed by atoms with Crippen LogP contribution in [0.4, 0.5) is 10.1 Å². The number of nitriles is 1. The van der Waals surface area contributed by atoms with Gasteiger partial charge in [0, 0.05) is 43.0 Å². The van der Waals surface area contributed by atoms with Gasteiger partial charge in [-0.3, -0.25) is 4.79 Å². The van der Waals surface area contributed by atoms with Gasteiger partial charge in [0.2, 0.25) is 0 Å². The molecule has 1 fully saturated rings. The minimum atomic E-state index is -0.518. The number of ether oxygens (including phenoxy) is 1. The van der Waals surface area contributed by atoms with E-state index in [1.807, 2.05) is 38.4 Å². The number of carbonyl (C=O) groups excluding carboxylic acids is 1. The van der Waals surface area contributed by atoms with Crippen molar-refractivity contribution in [2.45, 2.75) is 12.6 Å². The van der Waals surface area contributed by atoms with Crippen LogP contribution in [0.3, 0.4) is 0 Å². The van der Waals surface area contributed by atoms with Crippen LogP contribution >= 0.6 is 0 Å². The second-order valence-corrected chi connectivity index (χ2v) is 8.76. The van der Waals surface area contributed by atoms with Gasteiger partial charge in [0.15, 0.2) is 6.23 Å². The molecule has 1 unspecified atom stereocenters. The highest BCUT2D eigenvalue weighted by molar-refractivity contribution is 5.94. The predicted octanol–water partition coefficient (Wildman–Crippen LogP) is 3.24. The number of rotatable bonds is 7. The molecule has 2 aliphatic rings. The lowest BCUT2D eigenvalue weighted by molar-refractivity contribution is 0.0679. The monoisotopic (exact) mass is 463 g/mol. The van der Waals surface area contributed by atoms with E-state index in [2.05, 4.69) is 21.2 Å². The van der Waals surface area contributed by atoms with E-state index in [0.717, 1.165) is 29.9 Å². The summed E-state index contributed by atoms with van der Waals surface area (Å²) >= 11 is 0. The Morgan fingerprint density at radius 3 is 2.53 bits per heavy atom. The molecule has 4 rings (SSSR count). The standard InChI is InChI=1S/C26H30FN5O2/c1-30(2)12-5-17-34-25-22(18-28)24(21-6-3-4-7-23(21)29-25)31-13-15-32(16-14-31)26(33)19-8-10-20(27)11-9-19/h3-4,6-11,25,29H,5,12-17H2,1-2H3. The molecule has 8 heteroatoms. The fraction of sp³-hybridized carbons (Fsp3) is 0.385. The van der Waals surface area contributed by atoms with E-state index in [9.17, 15) is 14.4 Å². The first kappa shape index (κ1) is 23.7. The maximum absolute atomic E-state index is 13.2. The van der Waals surface area contributed by atoms with Gasteiger partial charge in [0.05, 0.1) is 12.3 Å². The normalized spacial score (nSPS) is 17.9. The van der Waals surface area contributed by atoms with Crippen LogP contribution in [0.1, 0.15) is 22.3 Å². The number of piperazine rings is 1. The lowest BCUT2D eigenvalue weighted by Crippen LogP contribution is -2.49. The summed E-state index contributed by atoms with van der Waals surface area (Å²) in [4.78, 5) is 18.9. The lowest BCUT2D eigenvalue weighted by atomic mass is 9.97. The maximum Gasteiger partial charge on any atom is 0.253 e. The van der Waals surface area contributed by atoms with Gasteiger partial charge in [-0.15, -0.1) is 0 Å². The zero-order valence-electron chi connectivity index (χ0n) is 19.6. The van der Waals surface area contributed by atoms with Crippen molar-refractivity contribution >= 4 is 17.3 Å². The third-order valence-corrected chi connectivity index (χ3v) is 6.12. The number of nitrogens with zero attached hydrogens (tertiary/aromatic N) is 4. The highest BCUT2D eigenvalue weighted by atomic mass is 19.1. The Morgan fingerprint density at radius 2 is 1.85 bits per heavy atom. The molecule has 178 valence electrons. The van der Waals surface area contributed by atoms with Gasteiger partial charge in [0.1, 0.15) is 17.5 Å². The average Bonchev–Trinajstić information content (AvgIpc) is 2.85. The number of para-hydroxylation sites is 1. The highest BCUT2D eigenvalue weighted by Crippen LogP contribution is 2.36. The van der Waals surface area contributed by atoms with E-state index >= 15 is 0 Å². The smallest absolute Gasteiger partial charge is 0.253 e. The zero-order valence-corrected chi connectivity index (χ0v) is 19.6. The van der Waals surface area contributed by atoms with Crippen molar-refractivity contribution in [1.29, 1.82) is 5.26 Å². The Kier molecular flexibility index (Phi) is 7.46. The van der Waals surface area contributed by atoms with E-state index < -0.39 is 6.23 Å². The Labute approximate surface area is 200 Å². The summed E-state index contributed by atoms with van der Waals surface area (Å²) in [5, 5.41) is 13.5. The molecule has 0 aromatic heterocycles. The molecule has 0 aliphatic carbocycles. The Bertz CT molecular complexity index is 1090. The van der Waals surface area contributed by atoms with Gasteiger partial charge in [-0.2, -0.15) is 5.26 Å². The maximum atomic E-state index is 13.2. The van der Waals surface area contributed by atoms with Crippen LogP contribution in [0.25, 0.3) is 5.70 Å². The molecule has 2 heterocycles. The fourth-order valence-electron chi connectivity index (χ4n) is 4.37. The van der Waals surface area contributed by atoms with Crippen LogP contribution in [-0.2, 0) is 4.74 Å². The molecule has 1 saturated heterocycles. The van der Waals surface area contributed by atoms with E-state index in [-0.39, 0.29) is 11.7 Å². The minimum Gasteiger partial charge on any atom is -0.366 e. The number of halogens is 1. The number of hydrogen-bond acceptors (Lipinski definition) is 6. The van der Waals surface area contributed by atoms with Gasteiger partial charge in [-0.25, -0.2) is 4.39 Å². The van der Waals surface area contributed by atoms with Crippen LogP contribution in [0.15, 0.2) is 54.1 Å². The fourth-order valence-corrected chi connectivity index (χ4v) is 4.37. The van der Waals surface area contributed by atoms with Crippen molar-refractivity contribution in [3.05, 3.63) is 71.0 Å². The molecule has 7 nitrogen and oxygen atoms in total. The molecule has 2 aromatic carbocycles. The summed E-state index contributed by atoms with van der Waals surface area (Å²) in [6, 6.07) is 15.9. The van der Waals surface area contributed by atoms with Crippen LogP contribution in [-0.4, -0.2) is 80.3 Å². The number of nitrogens with one attached hydrogen (secondary N) is 1. The summed E-state index contributed by atoms with van der Waals surface area (Å²) in [7, 11) is 4.04. The first-order chi connectivity index (χ1) is 16.5. The molecule has 1 amide bonds. The topological polar surface area (TPSA) is 71.8 Å². The van der Waals surface area contributed by atoms with Gasteiger partial charge >= 0.3 is 0 Å². The van der Waals surface area contributed by atoms with Gasteiger partial charge in [-0.1, -0.05) is 18.2 Å². The number of anilines is 1. The van der Waals surface area contributed by atoms with Crippen molar-refractivity contribution in [1.82, 2.24) is 14.7 Å². The summed E-state index contributed by atoms with van der Waals surface area (Å²) in [5.74, 6) is -0.470. The number of hydrogen-bond donors (Lipinski definition) is 1. The van der Waals surface area contributed by atoms with Gasteiger partial charge in [-0.05, 0) is 57.4 Å². The lowest BCUT2D eigenvalue weighted by Gasteiger charge is -2.40. The molecule has 1 N–H and O–H groups in total. The van der Waals surface area contributed by atoms with E-state index in [1.54, 1.807) is 4.90 Å². The van der Waals surface area contributed by atoms with Crippen LogP contribution in [0.5, 0.6) is 0 Å². The average molecular weight is 464 g/mol. The quantitative estimate of drug-likeness (QED) is 0.636. The second-order valence-electron chi connectivity index (χ2n) is 8.76. The third kappa shape index (κ3) is 5.22. The summed E-state index contributed by atoms with van der Waals surface area (Å²) in [6.07, 6.45) is 0.348. The first-order valence-electron chi connectivity index (χ1n) is 11.5. The molecule has 0 radical (unpaired) electrons. The Hall–Kier alpha value is -3.41. The molecule has 0 saturated carbocycles. The number of carbonyl (C=O) groups is 1. The molecule has 0 spiro atoms. The van der Waals surface area contributed by atoms with Gasteiger partial charge < -0.3 is 24.8 Å². The molecular formula is C26H30FN5O2. The van der Waals surface area contributed by atoms with Crippen molar-refractivity contribution < 1.29 is 13.9 Å². The third-order valence-electron chi connectivity index (χ3n) is 6.12. The number of benzene rings is 2. The van der Waals surface area contributed by atoms with Crippen LogP contribution < -0.4 is 5.32 Å². The first-order valence-corrected chi connectivity index (χ1v) is 11.5. The predicted molar refractivity (Wildman–Crippen MR) is 129 cm³/mol. The number of fused-ring (bicyclic) bond motifs is 1. The summed E-state index contributed by atoms with van der Waals surface area (Å²) < 4.78 is 19.3. The SMILES string of the molecule is CN(C)CCCOC1Nc2ccccc2C(N2CCN(C(=O)c3ccc(F)cc3)CC2)=C1C#N. The highest BCUT2D eigenvalue weighted by Gasteiger charge is 2.33. The minimum absolute atomic E-state index is 0.109. The van der Waals surface area contributed by atoms with E-state index in [0.29, 0.717) is 43.9 Å². The van der Waals surface area contributed by atoms with Gasteiger partial charge in [0.25, 0.3) is 5.91 Å². The van der Waals surface area contributed by atoms with Crippen molar-refractivity contribution in [3.63, 3.8) is 0 Å². The van der Waals surface area contributed by atoms with Crippen LogP contribution in [0.2, 0.25) is 0 Å². The summed E-state index contributed by atoms with van der Waals surface area (Å²) in [6.45, 7) is 3.66. The largest absolute Gasteiger partial charge is 0.366 e. The van der Waals surface area contributed by atoms with E-state index in [4.69, 9.17) is 4.74 Å². The Balaban J connectivity index is 1.51. The molecule has 0 bridgehead atoms. The molecule has 1 atom stereocenters. The van der Waals surface area contributed by atoms with Crippen molar-refractivity contribution in [2.75, 3.05) is 58.7 Å². The molecule has 2 aliphatic heterocycles. The molecule has 34 heavy (non-hydrogen) atoms. The molecule has 2 aromatic rings.